The first kappa shape index (κ1) is 9.23. The van der Waals surface area contributed by atoms with Crippen molar-refractivity contribution in [2.75, 3.05) is 20.8 Å². The van der Waals surface area contributed by atoms with Gasteiger partial charge in [0.05, 0.1) is 6.61 Å². The maximum atomic E-state index is 10.5. The molecule has 1 atom stereocenters. The molecule has 10 heavy (non-hydrogen) atoms. The summed E-state index contributed by atoms with van der Waals surface area (Å²) in [5, 5.41) is 2.34. The van der Waals surface area contributed by atoms with E-state index in [1.54, 1.807) is 14.0 Å². The number of carbonyl (C=O) groups excluding carboxylic acids is 1. The highest BCUT2D eigenvalue weighted by Crippen LogP contribution is 1.90. The van der Waals surface area contributed by atoms with Crippen molar-refractivity contribution in [3.8, 4) is 0 Å². The van der Waals surface area contributed by atoms with Gasteiger partial charge >= 0.3 is 6.09 Å². The molecule has 0 saturated carbocycles. The normalized spacial score (nSPS) is 12.3. The first-order chi connectivity index (χ1) is 4.70. The van der Waals surface area contributed by atoms with Crippen molar-refractivity contribution in [2.45, 2.75) is 13.0 Å². The van der Waals surface area contributed by atoms with Crippen LogP contribution in [-0.2, 0) is 9.47 Å². The van der Waals surface area contributed by atoms with Gasteiger partial charge in [-0.1, -0.05) is 0 Å². The Bertz CT molecular complexity index is 105. The molecule has 1 unspecified atom stereocenters. The Morgan fingerprint density at radius 1 is 1.70 bits per heavy atom. The molecule has 0 aliphatic rings. The molecule has 0 rings (SSSR count). The van der Waals surface area contributed by atoms with Crippen LogP contribution in [0.4, 0.5) is 4.79 Å². The van der Waals surface area contributed by atoms with Gasteiger partial charge in [-0.25, -0.2) is 4.79 Å². The number of ether oxygens (including phenoxy) is 2. The van der Waals surface area contributed by atoms with E-state index in [9.17, 15) is 4.79 Å². The monoisotopic (exact) mass is 147 g/mol. The molecule has 60 valence electrons. The average molecular weight is 147 g/mol. The number of hydrogen-bond donors (Lipinski definition) is 1. The van der Waals surface area contributed by atoms with Crippen LogP contribution in [0.5, 0.6) is 0 Å². The molecule has 0 fully saturated rings. The zero-order valence-corrected chi connectivity index (χ0v) is 6.51. The third-order valence-corrected chi connectivity index (χ3v) is 0.914. The number of hydrogen-bond acceptors (Lipinski definition) is 3. The summed E-state index contributed by atoms with van der Waals surface area (Å²) in [6.45, 7) is 2.19. The number of alkyl carbamates (subject to hydrolysis) is 1. The summed E-state index contributed by atoms with van der Waals surface area (Å²) < 4.78 is 9.51. The summed E-state index contributed by atoms with van der Waals surface area (Å²) in [7, 11) is 3.07. The van der Waals surface area contributed by atoms with E-state index in [4.69, 9.17) is 9.47 Å². The third-order valence-electron chi connectivity index (χ3n) is 0.914. The molecular weight excluding hydrogens is 134 g/mol. The smallest absolute Gasteiger partial charge is 0.407 e. The van der Waals surface area contributed by atoms with Crippen LogP contribution in [0.1, 0.15) is 6.92 Å². The van der Waals surface area contributed by atoms with Crippen LogP contribution in [0, 0.1) is 0 Å². The van der Waals surface area contributed by atoms with Gasteiger partial charge in [0.1, 0.15) is 6.10 Å². The SMILES string of the molecule is CNC(=O)OC(C)COC. The fraction of sp³-hybridized carbons (Fsp3) is 0.833. The third kappa shape index (κ3) is 4.14. The molecule has 4 heteroatoms. The van der Waals surface area contributed by atoms with E-state index < -0.39 is 6.09 Å². The summed E-state index contributed by atoms with van der Waals surface area (Å²) in [6, 6.07) is 0. The van der Waals surface area contributed by atoms with Gasteiger partial charge in [-0.05, 0) is 6.92 Å². The van der Waals surface area contributed by atoms with Crippen molar-refractivity contribution in [1.82, 2.24) is 5.32 Å². The Balaban J connectivity index is 3.37. The molecule has 0 aromatic rings. The lowest BCUT2D eigenvalue weighted by molar-refractivity contribution is 0.0501. The highest BCUT2D eigenvalue weighted by molar-refractivity contribution is 5.66. The number of methoxy groups -OCH3 is 1. The molecule has 1 N–H and O–H groups in total. The zero-order valence-electron chi connectivity index (χ0n) is 6.51. The molecule has 0 heterocycles. The number of carbonyl (C=O) groups is 1. The summed E-state index contributed by atoms with van der Waals surface area (Å²) in [5.41, 5.74) is 0. The minimum absolute atomic E-state index is 0.190. The maximum Gasteiger partial charge on any atom is 0.407 e. The summed E-state index contributed by atoms with van der Waals surface area (Å²) in [6.07, 6.45) is -0.616. The summed E-state index contributed by atoms with van der Waals surface area (Å²) in [4.78, 5) is 10.5. The van der Waals surface area contributed by atoms with Gasteiger partial charge < -0.3 is 14.8 Å². The van der Waals surface area contributed by atoms with Gasteiger partial charge in [-0.15, -0.1) is 0 Å². The average Bonchev–Trinajstić information content (AvgIpc) is 1.88. The molecule has 0 spiro atoms. The predicted octanol–water partition coefficient (Wildman–Crippen LogP) is 0.377. The second-order valence-corrected chi connectivity index (χ2v) is 1.92. The molecule has 0 aliphatic carbocycles. The van der Waals surface area contributed by atoms with E-state index in [2.05, 4.69) is 5.32 Å². The molecular formula is C6H13NO3. The van der Waals surface area contributed by atoms with Crippen LogP contribution >= 0.6 is 0 Å². The van der Waals surface area contributed by atoms with E-state index >= 15 is 0 Å². The van der Waals surface area contributed by atoms with Crippen LogP contribution in [0.15, 0.2) is 0 Å². The van der Waals surface area contributed by atoms with E-state index in [-0.39, 0.29) is 6.10 Å². The Morgan fingerprint density at radius 3 is 2.70 bits per heavy atom. The van der Waals surface area contributed by atoms with E-state index in [0.29, 0.717) is 6.61 Å². The van der Waals surface area contributed by atoms with Crippen LogP contribution in [0.3, 0.4) is 0 Å². The van der Waals surface area contributed by atoms with Crippen molar-refractivity contribution in [3.63, 3.8) is 0 Å². The lowest BCUT2D eigenvalue weighted by Crippen LogP contribution is -2.26. The van der Waals surface area contributed by atoms with E-state index in [1.807, 2.05) is 0 Å². The summed E-state index contributed by atoms with van der Waals surface area (Å²) >= 11 is 0. The number of amides is 1. The van der Waals surface area contributed by atoms with Crippen LogP contribution < -0.4 is 5.32 Å². The van der Waals surface area contributed by atoms with E-state index in [1.165, 1.54) is 7.05 Å². The molecule has 0 bridgehead atoms. The first-order valence-electron chi connectivity index (χ1n) is 3.08. The van der Waals surface area contributed by atoms with Gasteiger partial charge in [0, 0.05) is 14.2 Å². The van der Waals surface area contributed by atoms with Crippen molar-refractivity contribution in [1.29, 1.82) is 0 Å². The zero-order chi connectivity index (χ0) is 7.98. The topological polar surface area (TPSA) is 47.6 Å². The van der Waals surface area contributed by atoms with Crippen molar-refractivity contribution < 1.29 is 14.3 Å². The van der Waals surface area contributed by atoms with Gasteiger partial charge in [0.2, 0.25) is 0 Å². The molecule has 4 nitrogen and oxygen atoms in total. The Kier molecular flexibility index (Phi) is 4.66. The van der Waals surface area contributed by atoms with Crippen molar-refractivity contribution >= 4 is 6.09 Å². The fourth-order valence-corrected chi connectivity index (χ4v) is 0.510. The van der Waals surface area contributed by atoms with Gasteiger partial charge in [0.15, 0.2) is 0 Å². The molecule has 0 aliphatic heterocycles. The van der Waals surface area contributed by atoms with Gasteiger partial charge in [0.25, 0.3) is 0 Å². The Labute approximate surface area is 60.5 Å². The van der Waals surface area contributed by atoms with E-state index in [0.717, 1.165) is 0 Å². The number of rotatable bonds is 3. The standard InChI is InChI=1S/C6H13NO3/c1-5(4-9-3)10-6(8)7-2/h5H,4H2,1-3H3,(H,7,8). The van der Waals surface area contributed by atoms with Crippen LogP contribution in [-0.4, -0.2) is 33.0 Å². The van der Waals surface area contributed by atoms with Crippen molar-refractivity contribution in [2.24, 2.45) is 0 Å². The van der Waals surface area contributed by atoms with Crippen LogP contribution in [0.25, 0.3) is 0 Å². The van der Waals surface area contributed by atoms with Crippen molar-refractivity contribution in [3.05, 3.63) is 0 Å². The largest absolute Gasteiger partial charge is 0.444 e. The van der Waals surface area contributed by atoms with Gasteiger partial charge in [-0.3, -0.25) is 0 Å². The molecule has 0 aromatic heterocycles. The first-order valence-corrected chi connectivity index (χ1v) is 3.08. The minimum Gasteiger partial charge on any atom is -0.444 e. The fourth-order valence-electron chi connectivity index (χ4n) is 0.510. The highest BCUT2D eigenvalue weighted by Gasteiger charge is 2.05. The quantitative estimate of drug-likeness (QED) is 0.627. The predicted molar refractivity (Wildman–Crippen MR) is 36.9 cm³/mol. The van der Waals surface area contributed by atoms with Gasteiger partial charge in [-0.2, -0.15) is 0 Å². The molecule has 0 radical (unpaired) electrons. The lowest BCUT2D eigenvalue weighted by atomic mass is 10.4. The second-order valence-electron chi connectivity index (χ2n) is 1.92. The van der Waals surface area contributed by atoms with Crippen LogP contribution in [0.2, 0.25) is 0 Å². The Morgan fingerprint density at radius 2 is 2.30 bits per heavy atom. The minimum atomic E-state index is -0.426. The molecule has 0 aromatic carbocycles. The highest BCUT2D eigenvalue weighted by atomic mass is 16.6. The number of nitrogens with one attached hydrogen (secondary N) is 1. The molecule has 1 amide bonds. The second kappa shape index (κ2) is 5.05. The Hall–Kier alpha value is -0.770. The lowest BCUT2D eigenvalue weighted by Gasteiger charge is -2.10. The maximum absolute atomic E-state index is 10.5. The molecule has 0 saturated heterocycles. The summed E-state index contributed by atoms with van der Waals surface area (Å²) in [5.74, 6) is 0.